The highest BCUT2D eigenvalue weighted by atomic mass is 35.5. The molecule has 0 aliphatic carbocycles. The van der Waals surface area contributed by atoms with Crippen LogP contribution < -0.4 is 15.4 Å². The van der Waals surface area contributed by atoms with Crippen molar-refractivity contribution in [1.29, 1.82) is 0 Å². The van der Waals surface area contributed by atoms with Gasteiger partial charge >= 0.3 is 0 Å². The van der Waals surface area contributed by atoms with E-state index < -0.39 is 6.10 Å². The molecule has 4 nitrogen and oxygen atoms in total. The van der Waals surface area contributed by atoms with Crippen molar-refractivity contribution < 1.29 is 9.53 Å². The largest absolute Gasteiger partial charge is 0.480 e. The van der Waals surface area contributed by atoms with Crippen LogP contribution >= 0.6 is 24.0 Å². The van der Waals surface area contributed by atoms with Gasteiger partial charge in [0.2, 0.25) is 0 Å². The first kappa shape index (κ1) is 16.4. The molecule has 1 amide bonds. The summed E-state index contributed by atoms with van der Waals surface area (Å²) in [5.74, 6) is 1.44. The summed E-state index contributed by atoms with van der Waals surface area (Å²) >= 11 is 5.94. The summed E-state index contributed by atoms with van der Waals surface area (Å²) in [5.41, 5.74) is 1.01. The number of rotatable bonds is 4. The minimum Gasteiger partial charge on any atom is -0.480 e. The van der Waals surface area contributed by atoms with Crippen LogP contribution in [0.25, 0.3) is 0 Å². The number of carbonyl (C=O) groups excluding carboxylic acids is 1. The Balaban J connectivity index is 0.00000161. The number of nitrogens with one attached hydrogen (secondary N) is 2. The number of ether oxygens (including phenoxy) is 1. The van der Waals surface area contributed by atoms with Gasteiger partial charge in [0.15, 0.2) is 6.10 Å². The molecule has 2 aliphatic heterocycles. The van der Waals surface area contributed by atoms with Crippen molar-refractivity contribution in [2.45, 2.75) is 25.4 Å². The van der Waals surface area contributed by atoms with Crippen LogP contribution in [0, 0.1) is 5.92 Å². The average Bonchev–Trinajstić information content (AvgIpc) is 3.06. The Morgan fingerprint density at radius 1 is 1.48 bits per heavy atom. The first-order valence-electron chi connectivity index (χ1n) is 7.16. The maximum atomic E-state index is 12.1. The standard InChI is InChI=1S/C15H19ClN2O2.ClH/c16-12-1-2-13-11(7-12)8-14(20-13)15(19)18-6-4-10-3-5-17-9-10;/h1-2,7,10,14,17H,3-6,8-9H2,(H,18,19);1H. The number of hydrogen-bond donors (Lipinski definition) is 2. The molecule has 2 heterocycles. The molecule has 6 heteroatoms. The van der Waals surface area contributed by atoms with Crippen LogP contribution in [0.2, 0.25) is 5.02 Å². The third-order valence-electron chi connectivity index (χ3n) is 4.00. The third-order valence-corrected chi connectivity index (χ3v) is 4.24. The molecule has 1 fully saturated rings. The van der Waals surface area contributed by atoms with Gasteiger partial charge < -0.3 is 15.4 Å². The molecule has 1 aromatic carbocycles. The molecule has 1 aromatic rings. The van der Waals surface area contributed by atoms with E-state index in [-0.39, 0.29) is 18.3 Å². The van der Waals surface area contributed by atoms with Crippen molar-refractivity contribution >= 4 is 29.9 Å². The number of fused-ring (bicyclic) bond motifs is 1. The molecule has 1 saturated heterocycles. The number of hydrogen-bond acceptors (Lipinski definition) is 3. The lowest BCUT2D eigenvalue weighted by atomic mass is 10.1. The van der Waals surface area contributed by atoms with Crippen LogP contribution in [0.3, 0.4) is 0 Å². The zero-order valence-electron chi connectivity index (χ0n) is 11.7. The van der Waals surface area contributed by atoms with E-state index in [0.717, 1.165) is 37.4 Å². The molecule has 2 unspecified atom stereocenters. The molecule has 2 aliphatic rings. The van der Waals surface area contributed by atoms with Crippen molar-refractivity contribution in [2.75, 3.05) is 19.6 Å². The summed E-state index contributed by atoms with van der Waals surface area (Å²) < 4.78 is 5.66. The van der Waals surface area contributed by atoms with Crippen molar-refractivity contribution in [3.8, 4) is 5.75 Å². The van der Waals surface area contributed by atoms with Gasteiger partial charge in [-0.3, -0.25) is 4.79 Å². The van der Waals surface area contributed by atoms with Gasteiger partial charge in [-0.15, -0.1) is 12.4 Å². The SMILES string of the molecule is Cl.O=C(NCCC1CCNC1)C1Cc2cc(Cl)ccc2O1. The Kier molecular flexibility index (Phi) is 5.73. The molecule has 116 valence electrons. The zero-order chi connectivity index (χ0) is 13.9. The molecule has 0 aromatic heterocycles. The topological polar surface area (TPSA) is 50.4 Å². The van der Waals surface area contributed by atoms with Gasteiger partial charge in [0.05, 0.1) is 0 Å². The molecule has 0 radical (unpaired) electrons. The fourth-order valence-corrected chi connectivity index (χ4v) is 3.03. The van der Waals surface area contributed by atoms with E-state index in [4.69, 9.17) is 16.3 Å². The number of halogens is 2. The number of amides is 1. The molecule has 2 atom stereocenters. The van der Waals surface area contributed by atoms with Crippen molar-refractivity contribution in [3.63, 3.8) is 0 Å². The van der Waals surface area contributed by atoms with E-state index in [9.17, 15) is 4.79 Å². The van der Waals surface area contributed by atoms with Crippen LogP contribution in [0.4, 0.5) is 0 Å². The van der Waals surface area contributed by atoms with Gasteiger partial charge in [-0.25, -0.2) is 0 Å². The maximum absolute atomic E-state index is 12.1. The molecule has 0 saturated carbocycles. The highest BCUT2D eigenvalue weighted by Crippen LogP contribution is 2.31. The monoisotopic (exact) mass is 330 g/mol. The Morgan fingerprint density at radius 2 is 2.33 bits per heavy atom. The van der Waals surface area contributed by atoms with Crippen LogP contribution in [0.15, 0.2) is 18.2 Å². The summed E-state index contributed by atoms with van der Waals surface area (Å²) in [6.07, 6.45) is 2.43. The van der Waals surface area contributed by atoms with E-state index >= 15 is 0 Å². The summed E-state index contributed by atoms with van der Waals surface area (Å²) in [6, 6.07) is 5.48. The van der Waals surface area contributed by atoms with E-state index in [2.05, 4.69) is 10.6 Å². The minimum absolute atomic E-state index is 0. The first-order valence-corrected chi connectivity index (χ1v) is 7.53. The summed E-state index contributed by atoms with van der Waals surface area (Å²) in [6.45, 7) is 2.89. The first-order chi connectivity index (χ1) is 9.72. The van der Waals surface area contributed by atoms with Crippen molar-refractivity contribution in [1.82, 2.24) is 10.6 Å². The Hall–Kier alpha value is -0.970. The average molecular weight is 331 g/mol. The summed E-state index contributed by atoms with van der Waals surface area (Å²) in [5, 5.41) is 6.99. The fraction of sp³-hybridized carbons (Fsp3) is 0.533. The smallest absolute Gasteiger partial charge is 0.261 e. The summed E-state index contributed by atoms with van der Waals surface area (Å²) in [4.78, 5) is 12.1. The van der Waals surface area contributed by atoms with Gasteiger partial charge in [0.1, 0.15) is 5.75 Å². The normalized spacial score (nSPS) is 23.1. The second kappa shape index (κ2) is 7.34. The van der Waals surface area contributed by atoms with Crippen LogP contribution in [-0.4, -0.2) is 31.6 Å². The molecule has 3 rings (SSSR count). The highest BCUT2D eigenvalue weighted by molar-refractivity contribution is 6.30. The lowest BCUT2D eigenvalue weighted by molar-refractivity contribution is -0.127. The van der Waals surface area contributed by atoms with Crippen LogP contribution in [0.1, 0.15) is 18.4 Å². The van der Waals surface area contributed by atoms with Crippen molar-refractivity contribution in [3.05, 3.63) is 28.8 Å². The predicted molar refractivity (Wildman–Crippen MR) is 85.4 cm³/mol. The summed E-state index contributed by atoms with van der Waals surface area (Å²) in [7, 11) is 0. The van der Waals surface area contributed by atoms with Gasteiger partial charge in [-0.1, -0.05) is 11.6 Å². The Bertz CT molecular complexity index is 504. The minimum atomic E-state index is -0.412. The molecule has 21 heavy (non-hydrogen) atoms. The third kappa shape index (κ3) is 4.02. The maximum Gasteiger partial charge on any atom is 0.261 e. The second-order valence-electron chi connectivity index (χ2n) is 5.50. The van der Waals surface area contributed by atoms with Gasteiger partial charge in [0.25, 0.3) is 5.91 Å². The predicted octanol–water partition coefficient (Wildman–Crippen LogP) is 2.18. The fourth-order valence-electron chi connectivity index (χ4n) is 2.84. The van der Waals surface area contributed by atoms with Crippen molar-refractivity contribution in [2.24, 2.45) is 5.92 Å². The van der Waals surface area contributed by atoms with E-state index in [1.165, 1.54) is 6.42 Å². The molecular weight excluding hydrogens is 311 g/mol. The Labute approximate surface area is 136 Å². The lowest BCUT2D eigenvalue weighted by Gasteiger charge is -2.13. The second-order valence-corrected chi connectivity index (χ2v) is 5.94. The highest BCUT2D eigenvalue weighted by Gasteiger charge is 2.29. The quantitative estimate of drug-likeness (QED) is 0.889. The number of benzene rings is 1. The van der Waals surface area contributed by atoms with E-state index in [1.54, 1.807) is 6.07 Å². The molecule has 0 bridgehead atoms. The molecular formula is C15H20Cl2N2O2. The van der Waals surface area contributed by atoms with Gasteiger partial charge in [0, 0.05) is 18.0 Å². The Morgan fingerprint density at radius 3 is 3.10 bits per heavy atom. The molecule has 2 N–H and O–H groups in total. The van der Waals surface area contributed by atoms with E-state index in [1.807, 2.05) is 12.1 Å². The number of carbonyl (C=O) groups is 1. The lowest BCUT2D eigenvalue weighted by Crippen LogP contribution is -2.38. The molecule has 0 spiro atoms. The van der Waals surface area contributed by atoms with E-state index in [0.29, 0.717) is 17.4 Å². The van der Waals surface area contributed by atoms with Gasteiger partial charge in [-0.2, -0.15) is 0 Å². The van der Waals surface area contributed by atoms with Crippen LogP contribution in [-0.2, 0) is 11.2 Å². The van der Waals surface area contributed by atoms with Crippen LogP contribution in [0.5, 0.6) is 5.75 Å². The zero-order valence-corrected chi connectivity index (χ0v) is 13.3. The van der Waals surface area contributed by atoms with Gasteiger partial charge in [-0.05, 0) is 55.6 Å².